The van der Waals surface area contributed by atoms with Crippen molar-refractivity contribution in [2.45, 2.75) is 108 Å². The molecule has 1 saturated carbocycles. The minimum atomic E-state index is -0.0811. The van der Waals surface area contributed by atoms with Gasteiger partial charge >= 0.3 is 0 Å². The van der Waals surface area contributed by atoms with Crippen molar-refractivity contribution in [1.29, 1.82) is 0 Å². The lowest BCUT2D eigenvalue weighted by Gasteiger charge is -2.47. The van der Waals surface area contributed by atoms with Crippen LogP contribution < -0.4 is 9.47 Å². The van der Waals surface area contributed by atoms with Gasteiger partial charge in [-0.1, -0.05) is 107 Å². The van der Waals surface area contributed by atoms with E-state index in [1.165, 1.54) is 92.9 Å². The van der Waals surface area contributed by atoms with Crippen molar-refractivity contribution in [2.24, 2.45) is 0 Å². The highest BCUT2D eigenvalue weighted by Crippen LogP contribution is 2.55. The van der Waals surface area contributed by atoms with E-state index in [2.05, 4.69) is 179 Å². The number of nitrogens with zero attached hydrogens (tertiary/aromatic N) is 2. The summed E-state index contributed by atoms with van der Waals surface area (Å²) in [5, 5.41) is 0. The van der Waals surface area contributed by atoms with Crippen molar-refractivity contribution < 1.29 is 4.57 Å². The number of aromatic nitrogens is 1. The van der Waals surface area contributed by atoms with Crippen molar-refractivity contribution in [1.82, 2.24) is 0 Å². The summed E-state index contributed by atoms with van der Waals surface area (Å²) < 4.78 is 2.75. The molecule has 5 aromatic carbocycles. The van der Waals surface area contributed by atoms with E-state index in [9.17, 15) is 0 Å². The molecule has 0 N–H and O–H groups in total. The zero-order valence-corrected chi connectivity index (χ0v) is 32.9. The molecule has 1 aliphatic heterocycles. The first-order valence-electron chi connectivity index (χ1n) is 20.6. The molecule has 2 heteroatoms. The van der Waals surface area contributed by atoms with Crippen LogP contribution in [0.2, 0.25) is 0 Å². The molecule has 5 aliphatic rings. The van der Waals surface area contributed by atoms with Gasteiger partial charge in [-0.05, 0) is 132 Å². The molecule has 2 nitrogen and oxygen atoms in total. The van der Waals surface area contributed by atoms with E-state index in [4.69, 9.17) is 0 Å². The van der Waals surface area contributed by atoms with E-state index in [0.29, 0.717) is 11.8 Å². The Labute approximate surface area is 322 Å². The van der Waals surface area contributed by atoms with E-state index in [0.717, 1.165) is 12.8 Å². The Morgan fingerprint density at radius 2 is 1.15 bits per heavy atom. The molecule has 6 aromatic rings. The number of rotatable bonds is 6. The summed E-state index contributed by atoms with van der Waals surface area (Å²) >= 11 is 0. The van der Waals surface area contributed by atoms with Gasteiger partial charge in [-0.15, -0.1) is 0 Å². The fourth-order valence-electron chi connectivity index (χ4n) is 11.4. The summed E-state index contributed by atoms with van der Waals surface area (Å²) in [4.78, 5) is 2.51. The SMILES string of the molecule is CCC1(C)c2ccc(N(c3ccc(-c4ccccc4)cc3)c3ccc4c(c3)C(C)(C)c3ccccc3-4)cc2-c2cc3c(c[n+]2C1(C)CC)C1CCC3CC1. The third kappa shape index (κ3) is 4.61. The molecular formula is C52H53N2+. The maximum absolute atomic E-state index is 2.75. The van der Waals surface area contributed by atoms with Crippen LogP contribution in [0.3, 0.4) is 0 Å². The Hall–Kier alpha value is -4.95. The van der Waals surface area contributed by atoms with Gasteiger partial charge in [0.25, 0.3) is 0 Å². The fourth-order valence-corrected chi connectivity index (χ4v) is 11.4. The zero-order valence-electron chi connectivity index (χ0n) is 32.9. The van der Waals surface area contributed by atoms with Crippen LogP contribution in [0.25, 0.3) is 33.5 Å². The molecule has 0 spiro atoms. The number of anilines is 3. The van der Waals surface area contributed by atoms with E-state index in [1.807, 2.05) is 0 Å². The lowest BCUT2D eigenvalue weighted by atomic mass is 9.60. The number of hydrogen-bond donors (Lipinski definition) is 0. The van der Waals surface area contributed by atoms with Crippen LogP contribution in [0.1, 0.15) is 120 Å². The first kappa shape index (κ1) is 33.6. The van der Waals surface area contributed by atoms with Gasteiger partial charge < -0.3 is 4.90 Å². The lowest BCUT2D eigenvalue weighted by Crippen LogP contribution is -2.67. The summed E-state index contributed by atoms with van der Waals surface area (Å²) in [5.41, 5.74) is 19.0. The van der Waals surface area contributed by atoms with E-state index < -0.39 is 0 Å². The molecule has 2 unspecified atom stereocenters. The van der Waals surface area contributed by atoms with Gasteiger partial charge in [-0.25, -0.2) is 0 Å². The van der Waals surface area contributed by atoms with Crippen LogP contribution in [0, 0.1) is 0 Å². The summed E-state index contributed by atoms with van der Waals surface area (Å²) in [7, 11) is 0. The second-order valence-corrected chi connectivity index (χ2v) is 17.7. The van der Waals surface area contributed by atoms with Crippen molar-refractivity contribution in [3.63, 3.8) is 0 Å². The van der Waals surface area contributed by atoms with Crippen molar-refractivity contribution in [3.05, 3.63) is 155 Å². The quantitative estimate of drug-likeness (QED) is 0.157. The van der Waals surface area contributed by atoms with Crippen molar-refractivity contribution >= 4 is 17.1 Å². The molecule has 11 rings (SSSR count). The first-order chi connectivity index (χ1) is 26.2. The molecule has 2 bridgehead atoms. The Morgan fingerprint density at radius 1 is 0.537 bits per heavy atom. The van der Waals surface area contributed by atoms with Gasteiger partial charge in [0.15, 0.2) is 11.7 Å². The van der Waals surface area contributed by atoms with Gasteiger partial charge in [-0.2, -0.15) is 4.57 Å². The molecule has 2 heterocycles. The third-order valence-electron chi connectivity index (χ3n) is 15.1. The highest BCUT2D eigenvalue weighted by molar-refractivity contribution is 5.87. The largest absolute Gasteiger partial charge is 0.310 e. The number of benzene rings is 5. The van der Waals surface area contributed by atoms with Crippen LogP contribution in [0.15, 0.2) is 128 Å². The summed E-state index contributed by atoms with van der Waals surface area (Å²) in [6.45, 7) is 14.7. The molecule has 0 amide bonds. The predicted molar refractivity (Wildman–Crippen MR) is 225 cm³/mol. The van der Waals surface area contributed by atoms with E-state index in [-0.39, 0.29) is 16.4 Å². The molecular weight excluding hydrogens is 653 g/mol. The lowest BCUT2D eigenvalue weighted by molar-refractivity contribution is -0.765. The van der Waals surface area contributed by atoms with Crippen molar-refractivity contribution in [3.8, 4) is 33.5 Å². The molecule has 54 heavy (non-hydrogen) atoms. The second-order valence-electron chi connectivity index (χ2n) is 17.7. The first-order valence-corrected chi connectivity index (χ1v) is 20.6. The normalized spacial score (nSPS) is 23.9. The number of fused-ring (bicyclic) bond motifs is 8. The van der Waals surface area contributed by atoms with Gasteiger partial charge in [0.1, 0.15) is 0 Å². The highest BCUT2D eigenvalue weighted by atomic mass is 15.1. The topological polar surface area (TPSA) is 7.12 Å². The summed E-state index contributed by atoms with van der Waals surface area (Å²) in [5.74, 6) is 1.42. The Kier molecular flexibility index (Phi) is 7.48. The maximum atomic E-state index is 2.75. The number of hydrogen-bond acceptors (Lipinski definition) is 1. The zero-order chi connectivity index (χ0) is 37.0. The minimum absolute atomic E-state index is 0.0132. The molecule has 0 saturated heterocycles. The van der Waals surface area contributed by atoms with Crippen LogP contribution in [0.5, 0.6) is 0 Å². The maximum Gasteiger partial charge on any atom is 0.213 e. The summed E-state index contributed by atoms with van der Waals surface area (Å²) in [6.07, 6.45) is 10.2. The van der Waals surface area contributed by atoms with Gasteiger partial charge in [0.2, 0.25) is 5.69 Å². The van der Waals surface area contributed by atoms with Crippen LogP contribution >= 0.6 is 0 Å². The minimum Gasteiger partial charge on any atom is -0.310 e. The molecule has 2 atom stereocenters. The van der Waals surface area contributed by atoms with Gasteiger partial charge in [0, 0.05) is 47.5 Å². The Morgan fingerprint density at radius 3 is 1.87 bits per heavy atom. The molecule has 1 fully saturated rings. The van der Waals surface area contributed by atoms with Crippen LogP contribution in [-0.4, -0.2) is 0 Å². The Bertz CT molecular complexity index is 2430. The van der Waals surface area contributed by atoms with E-state index in [1.54, 1.807) is 11.1 Å². The van der Waals surface area contributed by atoms with E-state index >= 15 is 0 Å². The van der Waals surface area contributed by atoms with Gasteiger partial charge in [0.05, 0.1) is 11.0 Å². The predicted octanol–water partition coefficient (Wildman–Crippen LogP) is 13.6. The van der Waals surface area contributed by atoms with Crippen LogP contribution in [0.4, 0.5) is 17.1 Å². The fraction of sp³-hybridized carbons (Fsp3) is 0.327. The average Bonchev–Trinajstić information content (AvgIpc) is 3.46. The second kappa shape index (κ2) is 12.0. The van der Waals surface area contributed by atoms with Crippen molar-refractivity contribution in [2.75, 3.05) is 4.90 Å². The molecule has 270 valence electrons. The smallest absolute Gasteiger partial charge is 0.213 e. The van der Waals surface area contributed by atoms with Gasteiger partial charge in [-0.3, -0.25) is 0 Å². The standard InChI is InChI=1S/C52H53N2/c1-7-51(5)47-29-27-39(30-44(47)49-32-43-36-18-20-37(21-19-36)45(43)33-53(49)52(51,6)8-2)54(38-24-22-35(23-25-38)34-14-10-9-11-15-34)40-26-28-42-41-16-12-13-17-46(41)50(3,4)48(42)31-40/h9-17,22-33,36-37H,7-8,18-21H2,1-6H3/q+1. The summed E-state index contributed by atoms with van der Waals surface area (Å²) in [6, 6.07) is 46.2. The molecule has 0 radical (unpaired) electrons. The average molecular weight is 706 g/mol. The highest BCUT2D eigenvalue weighted by Gasteiger charge is 2.57. The molecule has 4 aliphatic carbocycles. The third-order valence-corrected chi connectivity index (χ3v) is 15.1. The number of pyridine rings is 1. The Balaban J connectivity index is 1.18. The van der Waals surface area contributed by atoms with Crippen LogP contribution in [-0.2, 0) is 16.4 Å². The molecule has 1 aromatic heterocycles. The monoisotopic (exact) mass is 705 g/mol.